The minimum atomic E-state index is -0.323. The number of aromatic amines is 1. The Morgan fingerprint density at radius 3 is 2.56 bits per heavy atom. The van der Waals surface area contributed by atoms with Gasteiger partial charge in [0.15, 0.2) is 5.69 Å². The Morgan fingerprint density at radius 1 is 1.06 bits per heavy atom. The third kappa shape index (κ3) is 3.57. The van der Waals surface area contributed by atoms with Crippen LogP contribution in [0.3, 0.4) is 0 Å². The van der Waals surface area contributed by atoms with E-state index in [1.165, 1.54) is 0 Å². The van der Waals surface area contributed by atoms with Crippen LogP contribution < -0.4 is 10.9 Å². The molecule has 0 spiro atoms. The maximum Gasteiger partial charge on any atom is 0.274 e. The van der Waals surface area contributed by atoms with E-state index >= 15 is 0 Å². The van der Waals surface area contributed by atoms with Gasteiger partial charge in [0.1, 0.15) is 5.52 Å². The Balaban J connectivity index is 1.52. The average Bonchev–Trinajstić information content (AvgIpc) is 3.39. The SMILES string of the molecule is CCn1cc(CNC(=O)c2nn3c(C)c(-c4ccc5ccccc5c4)[nH]c(=O)c3c2C)c(C)n1. The number of carbonyl (C=O) groups excluding carboxylic acids is 1. The standard InChI is InChI=1S/C26H26N6O2/c1-5-31-14-21(16(3)29-31)13-27-25(33)22-15(2)24-26(34)28-23(17(4)32(24)30-22)20-11-10-18-8-6-7-9-19(18)12-20/h6-12,14H,5,13H2,1-4H3,(H,27,33)(H,28,34). The van der Waals surface area contributed by atoms with Gasteiger partial charge in [-0.25, -0.2) is 4.52 Å². The summed E-state index contributed by atoms with van der Waals surface area (Å²) < 4.78 is 3.41. The monoisotopic (exact) mass is 454 g/mol. The van der Waals surface area contributed by atoms with Crippen molar-refractivity contribution in [2.75, 3.05) is 0 Å². The number of fused-ring (bicyclic) bond motifs is 2. The summed E-state index contributed by atoms with van der Waals surface area (Å²) in [5, 5.41) is 14.1. The average molecular weight is 455 g/mol. The highest BCUT2D eigenvalue weighted by molar-refractivity contribution is 5.95. The predicted octanol–water partition coefficient (Wildman–Crippen LogP) is 3.91. The molecule has 0 aliphatic heterocycles. The Hall–Kier alpha value is -4.20. The van der Waals surface area contributed by atoms with Crippen molar-refractivity contribution in [1.82, 2.24) is 29.7 Å². The zero-order valence-electron chi connectivity index (χ0n) is 19.6. The molecule has 0 saturated carbocycles. The molecule has 0 saturated heterocycles. The minimum Gasteiger partial charge on any atom is -0.346 e. The maximum atomic E-state index is 13.0. The molecule has 34 heavy (non-hydrogen) atoms. The molecule has 172 valence electrons. The van der Waals surface area contributed by atoms with Gasteiger partial charge in [0.05, 0.1) is 17.1 Å². The first-order chi connectivity index (χ1) is 16.4. The van der Waals surface area contributed by atoms with Crippen molar-refractivity contribution < 1.29 is 4.79 Å². The van der Waals surface area contributed by atoms with Gasteiger partial charge < -0.3 is 10.3 Å². The van der Waals surface area contributed by atoms with Crippen molar-refractivity contribution in [3.8, 4) is 11.3 Å². The molecule has 0 bridgehead atoms. The zero-order valence-corrected chi connectivity index (χ0v) is 19.6. The quantitative estimate of drug-likeness (QED) is 0.421. The molecule has 0 aliphatic rings. The van der Waals surface area contributed by atoms with E-state index in [-0.39, 0.29) is 17.2 Å². The fourth-order valence-corrected chi connectivity index (χ4v) is 4.37. The van der Waals surface area contributed by atoms with Crippen molar-refractivity contribution in [1.29, 1.82) is 0 Å². The molecule has 3 heterocycles. The Bertz CT molecular complexity index is 1620. The summed E-state index contributed by atoms with van der Waals surface area (Å²) in [6.07, 6.45) is 1.93. The Labute approximate surface area is 196 Å². The number of nitrogens with zero attached hydrogens (tertiary/aromatic N) is 4. The van der Waals surface area contributed by atoms with Crippen LogP contribution in [0.2, 0.25) is 0 Å². The highest BCUT2D eigenvalue weighted by Gasteiger charge is 2.21. The maximum absolute atomic E-state index is 13.0. The van der Waals surface area contributed by atoms with Crippen LogP contribution in [0.5, 0.6) is 0 Å². The van der Waals surface area contributed by atoms with Crippen LogP contribution in [0.15, 0.2) is 53.5 Å². The summed E-state index contributed by atoms with van der Waals surface area (Å²) in [5.41, 5.74) is 5.04. The molecule has 2 N–H and O–H groups in total. The van der Waals surface area contributed by atoms with Gasteiger partial charge in [0.25, 0.3) is 11.5 Å². The molecule has 0 atom stereocenters. The predicted molar refractivity (Wildman–Crippen MR) is 132 cm³/mol. The second-order valence-electron chi connectivity index (χ2n) is 8.49. The number of nitrogens with one attached hydrogen (secondary N) is 2. The van der Waals surface area contributed by atoms with E-state index in [1.54, 1.807) is 11.4 Å². The first kappa shape index (κ1) is 21.6. The summed E-state index contributed by atoms with van der Waals surface area (Å²) in [7, 11) is 0. The zero-order chi connectivity index (χ0) is 24.0. The Kier molecular flexibility index (Phi) is 5.28. The van der Waals surface area contributed by atoms with Gasteiger partial charge in [-0.2, -0.15) is 10.2 Å². The lowest BCUT2D eigenvalue weighted by Crippen LogP contribution is -2.24. The lowest BCUT2D eigenvalue weighted by molar-refractivity contribution is 0.0945. The van der Waals surface area contributed by atoms with Crippen LogP contribution in [-0.2, 0) is 13.1 Å². The van der Waals surface area contributed by atoms with Crippen molar-refractivity contribution in [3.63, 3.8) is 0 Å². The molecule has 8 heteroatoms. The lowest BCUT2D eigenvalue weighted by atomic mass is 10.0. The van der Waals surface area contributed by atoms with E-state index in [0.717, 1.165) is 39.8 Å². The van der Waals surface area contributed by atoms with Crippen LogP contribution in [0.25, 0.3) is 27.5 Å². The third-order valence-electron chi connectivity index (χ3n) is 6.32. The lowest BCUT2D eigenvalue weighted by Gasteiger charge is -2.09. The van der Waals surface area contributed by atoms with Gasteiger partial charge in [0.2, 0.25) is 0 Å². The smallest absolute Gasteiger partial charge is 0.274 e. The molecule has 0 radical (unpaired) electrons. The number of hydrogen-bond acceptors (Lipinski definition) is 4. The first-order valence-corrected chi connectivity index (χ1v) is 11.3. The number of aryl methyl sites for hydroxylation is 4. The van der Waals surface area contributed by atoms with Gasteiger partial charge in [-0.1, -0.05) is 36.4 Å². The van der Waals surface area contributed by atoms with E-state index in [1.807, 2.05) is 68.0 Å². The van der Waals surface area contributed by atoms with E-state index in [0.29, 0.717) is 23.3 Å². The molecular formula is C26H26N6O2. The van der Waals surface area contributed by atoms with Crippen molar-refractivity contribution in [2.45, 2.75) is 40.8 Å². The Morgan fingerprint density at radius 2 is 1.82 bits per heavy atom. The van der Waals surface area contributed by atoms with Gasteiger partial charge in [-0.15, -0.1) is 0 Å². The number of aromatic nitrogens is 5. The topological polar surface area (TPSA) is 97.1 Å². The van der Waals surface area contributed by atoms with Gasteiger partial charge in [0, 0.05) is 36.0 Å². The van der Waals surface area contributed by atoms with Crippen LogP contribution in [-0.4, -0.2) is 30.3 Å². The molecular weight excluding hydrogens is 428 g/mol. The van der Waals surface area contributed by atoms with E-state index in [9.17, 15) is 9.59 Å². The highest BCUT2D eigenvalue weighted by atomic mass is 16.2. The summed E-state index contributed by atoms with van der Waals surface area (Å²) in [4.78, 5) is 29.0. The van der Waals surface area contributed by atoms with E-state index in [2.05, 4.69) is 26.6 Å². The molecule has 8 nitrogen and oxygen atoms in total. The van der Waals surface area contributed by atoms with Crippen LogP contribution >= 0.6 is 0 Å². The van der Waals surface area contributed by atoms with E-state index < -0.39 is 0 Å². The number of hydrogen-bond donors (Lipinski definition) is 2. The van der Waals surface area contributed by atoms with Crippen LogP contribution in [0.4, 0.5) is 0 Å². The summed E-state index contributed by atoms with van der Waals surface area (Å²) in [5.74, 6) is -0.323. The summed E-state index contributed by atoms with van der Waals surface area (Å²) >= 11 is 0. The fraction of sp³-hybridized carbons (Fsp3) is 0.231. The number of rotatable bonds is 5. The van der Waals surface area contributed by atoms with Crippen LogP contribution in [0, 0.1) is 20.8 Å². The van der Waals surface area contributed by atoms with Crippen molar-refractivity contribution >= 4 is 22.2 Å². The first-order valence-electron chi connectivity index (χ1n) is 11.3. The van der Waals surface area contributed by atoms with Gasteiger partial charge >= 0.3 is 0 Å². The molecule has 2 aromatic carbocycles. The number of benzene rings is 2. The summed E-state index contributed by atoms with van der Waals surface area (Å²) in [6.45, 7) is 8.69. The van der Waals surface area contributed by atoms with Gasteiger partial charge in [-0.05, 0) is 44.5 Å². The number of H-pyrrole nitrogens is 1. The molecule has 5 rings (SSSR count). The fourth-order valence-electron chi connectivity index (χ4n) is 4.37. The molecule has 0 unspecified atom stereocenters. The highest BCUT2D eigenvalue weighted by Crippen LogP contribution is 2.26. The molecule has 5 aromatic rings. The molecule has 0 fully saturated rings. The molecule has 0 aliphatic carbocycles. The molecule has 1 amide bonds. The molecule has 3 aromatic heterocycles. The van der Waals surface area contributed by atoms with E-state index in [4.69, 9.17) is 0 Å². The summed E-state index contributed by atoms with van der Waals surface area (Å²) in [6, 6.07) is 14.1. The number of amides is 1. The second kappa shape index (κ2) is 8.30. The largest absolute Gasteiger partial charge is 0.346 e. The third-order valence-corrected chi connectivity index (χ3v) is 6.32. The number of carbonyl (C=O) groups is 1. The van der Waals surface area contributed by atoms with Gasteiger partial charge in [-0.3, -0.25) is 14.3 Å². The van der Waals surface area contributed by atoms with Crippen molar-refractivity contribution in [2.24, 2.45) is 0 Å². The van der Waals surface area contributed by atoms with Crippen LogP contribution in [0.1, 0.15) is 39.9 Å². The minimum absolute atomic E-state index is 0.241. The normalized spacial score (nSPS) is 11.4. The van der Waals surface area contributed by atoms with Crippen molar-refractivity contribution in [3.05, 3.63) is 87.2 Å². The second-order valence-corrected chi connectivity index (χ2v) is 8.49.